The van der Waals surface area contributed by atoms with Gasteiger partial charge in [0.25, 0.3) is 5.91 Å². The molecule has 1 heterocycles. The molecule has 1 aromatic heterocycles. The Morgan fingerprint density at radius 2 is 1.85 bits per heavy atom. The maximum absolute atomic E-state index is 12.6. The van der Waals surface area contributed by atoms with E-state index in [1.807, 2.05) is 34.9 Å². The highest BCUT2D eigenvalue weighted by Gasteiger charge is 2.16. The van der Waals surface area contributed by atoms with E-state index in [1.165, 1.54) is 11.1 Å². The van der Waals surface area contributed by atoms with Crippen LogP contribution < -0.4 is 10.1 Å². The second-order valence-electron chi connectivity index (χ2n) is 7.40. The molecule has 0 saturated heterocycles. The first-order valence-electron chi connectivity index (χ1n) is 10.3. The van der Waals surface area contributed by atoms with Crippen LogP contribution in [0.5, 0.6) is 5.75 Å². The number of carbonyl (C=O) groups excluding carboxylic acids is 1. The summed E-state index contributed by atoms with van der Waals surface area (Å²) >= 11 is 7.83. The molecule has 0 spiro atoms. The van der Waals surface area contributed by atoms with Crippen LogP contribution in [-0.4, -0.2) is 27.8 Å². The fourth-order valence-electron chi connectivity index (χ4n) is 3.34. The van der Waals surface area contributed by atoms with E-state index in [-0.39, 0.29) is 12.5 Å². The molecule has 4 rings (SSSR count). The number of thioether (sulfide) groups is 1. The fraction of sp³-hybridized carbons (Fsp3) is 0.160. The van der Waals surface area contributed by atoms with E-state index in [0.717, 1.165) is 16.6 Å². The zero-order valence-corrected chi connectivity index (χ0v) is 19.9. The number of nitrogens with zero attached hydrogens (tertiary/aromatic N) is 3. The molecule has 0 saturated carbocycles. The maximum atomic E-state index is 12.6. The molecule has 0 aliphatic heterocycles. The van der Waals surface area contributed by atoms with E-state index < -0.39 is 0 Å². The summed E-state index contributed by atoms with van der Waals surface area (Å²) in [4.78, 5) is 12.6. The molecule has 0 fully saturated rings. The molecule has 0 radical (unpaired) electrons. The zero-order chi connectivity index (χ0) is 23.2. The molecular formula is C25H23ClN4O2S. The van der Waals surface area contributed by atoms with Gasteiger partial charge in [-0.25, -0.2) is 0 Å². The lowest BCUT2D eigenvalue weighted by Crippen LogP contribution is -2.24. The Kier molecular flexibility index (Phi) is 7.32. The average molecular weight is 479 g/mol. The van der Waals surface area contributed by atoms with Crippen molar-refractivity contribution in [3.63, 3.8) is 0 Å². The third-order valence-corrected chi connectivity index (χ3v) is 6.21. The van der Waals surface area contributed by atoms with Crippen LogP contribution in [0.4, 0.5) is 0 Å². The largest absolute Gasteiger partial charge is 0.497 e. The van der Waals surface area contributed by atoms with Crippen molar-refractivity contribution in [1.82, 2.24) is 20.1 Å². The third kappa shape index (κ3) is 5.74. The summed E-state index contributed by atoms with van der Waals surface area (Å²) in [6, 6.07) is 22.8. The van der Waals surface area contributed by atoms with Gasteiger partial charge in [-0.15, -0.1) is 10.2 Å². The number of rotatable bonds is 8. The number of amides is 1. The average Bonchev–Trinajstić information content (AvgIpc) is 3.24. The van der Waals surface area contributed by atoms with E-state index >= 15 is 0 Å². The highest BCUT2D eigenvalue weighted by atomic mass is 35.5. The molecule has 6 nitrogen and oxygen atoms in total. The fourth-order valence-corrected chi connectivity index (χ4v) is 4.43. The van der Waals surface area contributed by atoms with Crippen LogP contribution in [0, 0.1) is 6.92 Å². The maximum Gasteiger partial charge on any atom is 0.251 e. The van der Waals surface area contributed by atoms with Gasteiger partial charge in [-0.2, -0.15) is 0 Å². The number of nitrogens with one attached hydrogen (secondary N) is 1. The minimum Gasteiger partial charge on any atom is -0.497 e. The lowest BCUT2D eigenvalue weighted by molar-refractivity contribution is 0.0949. The van der Waals surface area contributed by atoms with E-state index in [4.69, 9.17) is 16.3 Å². The van der Waals surface area contributed by atoms with Crippen LogP contribution in [-0.2, 0) is 12.3 Å². The van der Waals surface area contributed by atoms with Crippen molar-refractivity contribution in [2.24, 2.45) is 0 Å². The van der Waals surface area contributed by atoms with Gasteiger partial charge >= 0.3 is 0 Å². The molecule has 0 atom stereocenters. The SMILES string of the molecule is COc1ccc(C(=O)NCc2nnc(SCc3cccc(C)c3)n2-c2cccc(Cl)c2)cc1. The van der Waals surface area contributed by atoms with Gasteiger partial charge in [0.05, 0.1) is 19.3 Å². The van der Waals surface area contributed by atoms with Crippen molar-refractivity contribution in [1.29, 1.82) is 0 Å². The third-order valence-electron chi connectivity index (χ3n) is 4.98. The van der Waals surface area contributed by atoms with Crippen LogP contribution in [0.2, 0.25) is 5.02 Å². The molecule has 8 heteroatoms. The van der Waals surface area contributed by atoms with Crippen molar-refractivity contribution in [2.75, 3.05) is 7.11 Å². The van der Waals surface area contributed by atoms with Crippen molar-refractivity contribution in [3.8, 4) is 11.4 Å². The first kappa shape index (κ1) is 22.9. The Labute approximate surface area is 202 Å². The lowest BCUT2D eigenvalue weighted by atomic mass is 10.2. The Morgan fingerprint density at radius 3 is 2.58 bits per heavy atom. The molecule has 0 bridgehead atoms. The van der Waals surface area contributed by atoms with E-state index in [2.05, 4.69) is 40.6 Å². The smallest absolute Gasteiger partial charge is 0.251 e. The molecule has 3 aromatic carbocycles. The molecule has 1 N–H and O–H groups in total. The predicted molar refractivity (Wildman–Crippen MR) is 131 cm³/mol. The van der Waals surface area contributed by atoms with Crippen molar-refractivity contribution in [3.05, 3.63) is 100 Å². The predicted octanol–water partition coefficient (Wildman–Crippen LogP) is 5.46. The number of benzene rings is 3. The Balaban J connectivity index is 1.55. The molecule has 0 aliphatic carbocycles. The van der Waals surface area contributed by atoms with Crippen molar-refractivity contribution < 1.29 is 9.53 Å². The summed E-state index contributed by atoms with van der Waals surface area (Å²) in [7, 11) is 1.59. The monoisotopic (exact) mass is 478 g/mol. The molecule has 33 heavy (non-hydrogen) atoms. The number of halogens is 1. The lowest BCUT2D eigenvalue weighted by Gasteiger charge is -2.12. The Morgan fingerprint density at radius 1 is 1.06 bits per heavy atom. The highest BCUT2D eigenvalue weighted by Crippen LogP contribution is 2.27. The van der Waals surface area contributed by atoms with Gasteiger partial charge in [-0.1, -0.05) is 59.3 Å². The number of hydrogen-bond acceptors (Lipinski definition) is 5. The van der Waals surface area contributed by atoms with Crippen LogP contribution >= 0.6 is 23.4 Å². The van der Waals surface area contributed by atoms with Gasteiger partial charge in [0.15, 0.2) is 11.0 Å². The summed E-state index contributed by atoms with van der Waals surface area (Å²) < 4.78 is 7.08. The van der Waals surface area contributed by atoms with Crippen LogP contribution in [0.3, 0.4) is 0 Å². The van der Waals surface area contributed by atoms with E-state index in [9.17, 15) is 4.79 Å². The second-order valence-corrected chi connectivity index (χ2v) is 8.78. The van der Waals surface area contributed by atoms with Gasteiger partial charge < -0.3 is 10.1 Å². The number of carbonyl (C=O) groups is 1. The van der Waals surface area contributed by atoms with E-state index in [1.54, 1.807) is 43.1 Å². The minimum atomic E-state index is -0.202. The van der Waals surface area contributed by atoms with Gasteiger partial charge in [0.2, 0.25) is 0 Å². The van der Waals surface area contributed by atoms with Crippen LogP contribution in [0.1, 0.15) is 27.3 Å². The first-order chi connectivity index (χ1) is 16.0. The summed E-state index contributed by atoms with van der Waals surface area (Å²) in [5, 5.41) is 13.0. The van der Waals surface area contributed by atoms with Gasteiger partial charge in [0.1, 0.15) is 5.75 Å². The Bertz CT molecular complexity index is 1260. The number of methoxy groups -OCH3 is 1. The normalized spacial score (nSPS) is 10.8. The van der Waals surface area contributed by atoms with Crippen molar-refractivity contribution >= 4 is 29.3 Å². The number of hydrogen-bond donors (Lipinski definition) is 1. The zero-order valence-electron chi connectivity index (χ0n) is 18.3. The topological polar surface area (TPSA) is 69.0 Å². The number of aromatic nitrogens is 3. The van der Waals surface area contributed by atoms with E-state index in [0.29, 0.717) is 22.2 Å². The minimum absolute atomic E-state index is 0.202. The van der Waals surface area contributed by atoms with Crippen LogP contribution in [0.25, 0.3) is 5.69 Å². The second kappa shape index (κ2) is 10.6. The van der Waals surface area contributed by atoms with Gasteiger partial charge in [-0.05, 0) is 55.0 Å². The highest BCUT2D eigenvalue weighted by molar-refractivity contribution is 7.98. The molecule has 0 unspecified atom stereocenters. The van der Waals surface area contributed by atoms with Crippen LogP contribution in [0.15, 0.2) is 78.0 Å². The first-order valence-corrected chi connectivity index (χ1v) is 11.7. The summed E-state index contributed by atoms with van der Waals surface area (Å²) in [5.41, 5.74) is 3.80. The number of ether oxygens (including phenoxy) is 1. The number of aryl methyl sites for hydroxylation is 1. The molecule has 4 aromatic rings. The quantitative estimate of drug-likeness (QED) is 0.340. The summed E-state index contributed by atoms with van der Waals surface area (Å²) in [5.74, 6) is 1.86. The van der Waals surface area contributed by atoms with Gasteiger partial charge in [-0.3, -0.25) is 9.36 Å². The molecule has 1 amide bonds. The molecular weight excluding hydrogens is 456 g/mol. The molecule has 168 valence electrons. The van der Waals surface area contributed by atoms with Crippen molar-refractivity contribution in [2.45, 2.75) is 24.4 Å². The molecule has 0 aliphatic rings. The summed E-state index contributed by atoms with van der Waals surface area (Å²) in [6.45, 7) is 2.29. The Hall–Kier alpha value is -3.29. The summed E-state index contributed by atoms with van der Waals surface area (Å²) in [6.07, 6.45) is 0. The van der Waals surface area contributed by atoms with Gasteiger partial charge in [0, 0.05) is 16.3 Å². The standard InChI is InChI=1S/C25H23ClN4O2S/c1-17-5-3-6-18(13-17)16-33-25-29-28-23(30(25)21-8-4-7-20(26)14-21)15-27-24(31)19-9-11-22(32-2)12-10-19/h3-14H,15-16H2,1-2H3,(H,27,31).